The lowest BCUT2D eigenvalue weighted by Gasteiger charge is -2.31. The summed E-state index contributed by atoms with van der Waals surface area (Å²) in [6.07, 6.45) is -8.98. The van der Waals surface area contributed by atoms with Crippen molar-refractivity contribution in [2.24, 2.45) is 7.05 Å². The normalized spacial score (nSPS) is 16.0. The molecule has 1 N–H and O–H groups in total. The molecule has 0 saturated heterocycles. The number of nitrogens with zero attached hydrogens (tertiary/aromatic N) is 3. The number of benzene rings is 1. The number of aryl methyl sites for hydroxylation is 1. The highest BCUT2D eigenvalue weighted by atomic mass is 32.2. The molecule has 154 valence electrons. The molecule has 1 aromatic carbocycles. The molecule has 2 unspecified atom stereocenters. The summed E-state index contributed by atoms with van der Waals surface area (Å²) in [4.78, 5) is 11.1. The van der Waals surface area contributed by atoms with Crippen LogP contribution in [0.15, 0.2) is 46.2 Å². The molecule has 0 aliphatic rings. The Morgan fingerprint density at radius 3 is 2.11 bits per heavy atom. The van der Waals surface area contributed by atoms with Gasteiger partial charge in [0.25, 0.3) is 5.56 Å². The first-order valence-corrected chi connectivity index (χ1v) is 8.96. The Kier molecular flexibility index (Phi) is 5.63. The van der Waals surface area contributed by atoms with Crippen LogP contribution in [0.3, 0.4) is 0 Å². The van der Waals surface area contributed by atoms with Gasteiger partial charge in [0, 0.05) is 20.2 Å². The van der Waals surface area contributed by atoms with Crippen LogP contribution in [0.4, 0.5) is 26.3 Å². The van der Waals surface area contributed by atoms with E-state index in [1.807, 2.05) is 0 Å². The van der Waals surface area contributed by atoms with E-state index in [0.29, 0.717) is 24.3 Å². The highest BCUT2D eigenvalue weighted by Crippen LogP contribution is 2.40. The van der Waals surface area contributed by atoms with Gasteiger partial charge in [0.1, 0.15) is 16.0 Å². The van der Waals surface area contributed by atoms with Crippen LogP contribution in [-0.4, -0.2) is 31.5 Å². The highest BCUT2D eigenvalue weighted by Gasteiger charge is 2.47. The first kappa shape index (κ1) is 21.9. The molecule has 0 amide bonds. The molecular weight excluding hydrogens is 414 g/mol. The van der Waals surface area contributed by atoms with Gasteiger partial charge in [-0.15, -0.1) is 0 Å². The summed E-state index contributed by atoms with van der Waals surface area (Å²) in [5.74, 6) is 0. The maximum atomic E-state index is 13.6. The van der Waals surface area contributed by atoms with Gasteiger partial charge in [0.05, 0.1) is 16.7 Å². The van der Waals surface area contributed by atoms with Crippen molar-refractivity contribution in [2.75, 3.05) is 7.05 Å². The van der Waals surface area contributed by atoms with E-state index in [4.69, 9.17) is 4.78 Å². The van der Waals surface area contributed by atoms with Gasteiger partial charge in [-0.1, -0.05) is 12.1 Å². The van der Waals surface area contributed by atoms with Crippen molar-refractivity contribution in [1.29, 1.82) is 4.78 Å². The minimum absolute atomic E-state index is 0.159. The van der Waals surface area contributed by atoms with Crippen molar-refractivity contribution in [2.45, 2.75) is 23.3 Å². The third-order valence-corrected chi connectivity index (χ3v) is 5.78. The fourth-order valence-electron chi connectivity index (χ4n) is 2.38. The van der Waals surface area contributed by atoms with Crippen LogP contribution in [-0.2, 0) is 23.1 Å². The van der Waals surface area contributed by atoms with Crippen LogP contribution in [0.5, 0.6) is 0 Å². The van der Waals surface area contributed by atoms with E-state index in [2.05, 4.69) is 5.10 Å². The third-order valence-electron chi connectivity index (χ3n) is 3.90. The Bertz CT molecular complexity index is 1010. The largest absolute Gasteiger partial charge is 0.416 e. The molecule has 6 nitrogen and oxygen atoms in total. The lowest BCUT2D eigenvalue weighted by Crippen LogP contribution is -2.39. The average molecular weight is 428 g/mol. The van der Waals surface area contributed by atoms with Gasteiger partial charge in [0.2, 0.25) is 0 Å². The van der Waals surface area contributed by atoms with Crippen LogP contribution >= 0.6 is 0 Å². The van der Waals surface area contributed by atoms with Gasteiger partial charge in [0.15, 0.2) is 0 Å². The van der Waals surface area contributed by atoms with Crippen molar-refractivity contribution in [1.82, 2.24) is 14.1 Å². The Morgan fingerprint density at radius 2 is 1.68 bits per heavy atom. The average Bonchev–Trinajstić information content (AvgIpc) is 2.55. The smallest absolute Gasteiger partial charge is 0.268 e. The zero-order valence-corrected chi connectivity index (χ0v) is 15.2. The van der Waals surface area contributed by atoms with E-state index >= 15 is 0 Å². The van der Waals surface area contributed by atoms with Crippen LogP contribution < -0.4 is 5.56 Å². The fraction of sp³-hybridized carbons (Fsp3) is 0.333. The number of hydrogen-bond acceptors (Lipinski definition) is 4. The summed E-state index contributed by atoms with van der Waals surface area (Å²) in [6, 6.07) is 0.216. The molecule has 13 heteroatoms. The van der Waals surface area contributed by atoms with Crippen LogP contribution in [0.25, 0.3) is 0 Å². The molecule has 2 atom stereocenters. The standard InChI is InChI=1S/C15H14F6N4O2S/c1-24-12(26)7-11(8-23-24)28(22,27)25(2)13(15(19,20)21)9-3-5-10(6-4-9)14(16,17)18/h3-8,13,22H,1-2H3. The quantitative estimate of drug-likeness (QED) is 0.759. The molecule has 0 fully saturated rings. The Morgan fingerprint density at radius 1 is 1.14 bits per heavy atom. The van der Waals surface area contributed by atoms with Crippen molar-refractivity contribution in [3.05, 3.63) is 58.0 Å². The zero-order chi connectivity index (χ0) is 21.5. The molecule has 0 spiro atoms. The molecule has 0 bridgehead atoms. The number of halogens is 6. The molecule has 0 saturated carbocycles. The second-order valence-electron chi connectivity index (χ2n) is 5.79. The third kappa shape index (κ3) is 4.35. The van der Waals surface area contributed by atoms with Gasteiger partial charge in [-0.05, 0) is 17.7 Å². The van der Waals surface area contributed by atoms with E-state index < -0.39 is 49.9 Å². The molecule has 0 aliphatic carbocycles. The van der Waals surface area contributed by atoms with Crippen LogP contribution in [0, 0.1) is 4.78 Å². The van der Waals surface area contributed by atoms with Crippen molar-refractivity contribution >= 4 is 9.92 Å². The van der Waals surface area contributed by atoms with Crippen molar-refractivity contribution < 1.29 is 30.6 Å². The van der Waals surface area contributed by atoms with E-state index in [0.717, 1.165) is 24.0 Å². The molecule has 2 aromatic rings. The van der Waals surface area contributed by atoms with Gasteiger partial charge < -0.3 is 0 Å². The minimum atomic E-state index is -5.06. The summed E-state index contributed by atoms with van der Waals surface area (Å²) in [7, 11) is -2.34. The maximum Gasteiger partial charge on any atom is 0.416 e. The first-order valence-electron chi connectivity index (χ1n) is 7.44. The monoisotopic (exact) mass is 428 g/mol. The lowest BCUT2D eigenvalue weighted by molar-refractivity contribution is -0.170. The summed E-state index contributed by atoms with van der Waals surface area (Å²) in [6.45, 7) is 0. The molecule has 1 aromatic heterocycles. The van der Waals surface area contributed by atoms with E-state index in [1.54, 1.807) is 0 Å². The summed E-state index contributed by atoms with van der Waals surface area (Å²) < 4.78 is 100. The number of rotatable bonds is 4. The fourth-order valence-corrected chi connectivity index (χ4v) is 3.70. The second kappa shape index (κ2) is 7.20. The summed E-state index contributed by atoms with van der Waals surface area (Å²) in [5, 5.41) is 3.53. The highest BCUT2D eigenvalue weighted by molar-refractivity contribution is 7.90. The zero-order valence-electron chi connectivity index (χ0n) is 14.4. The summed E-state index contributed by atoms with van der Waals surface area (Å²) >= 11 is 0. The Labute approximate surface area is 155 Å². The number of hydrogen-bond donors (Lipinski definition) is 1. The van der Waals surface area contributed by atoms with Crippen LogP contribution in [0.1, 0.15) is 17.2 Å². The van der Waals surface area contributed by atoms with Gasteiger partial charge in [-0.25, -0.2) is 18.0 Å². The van der Waals surface area contributed by atoms with Crippen LogP contribution in [0.2, 0.25) is 0 Å². The van der Waals surface area contributed by atoms with Gasteiger partial charge in [-0.2, -0.15) is 31.4 Å². The molecule has 1 heterocycles. The van der Waals surface area contributed by atoms with Crippen molar-refractivity contribution in [3.63, 3.8) is 0 Å². The Balaban J connectivity index is 2.53. The molecule has 0 radical (unpaired) electrons. The molecular formula is C15H14F6N4O2S. The van der Waals surface area contributed by atoms with E-state index in [-0.39, 0.29) is 4.31 Å². The first-order chi connectivity index (χ1) is 12.7. The lowest BCUT2D eigenvalue weighted by atomic mass is 10.0. The Hall–Kier alpha value is -2.41. The maximum absolute atomic E-state index is 13.6. The van der Waals surface area contributed by atoms with Gasteiger partial charge in [-0.3, -0.25) is 4.79 Å². The van der Waals surface area contributed by atoms with E-state index in [9.17, 15) is 35.3 Å². The minimum Gasteiger partial charge on any atom is -0.268 e. The molecule has 0 aliphatic heterocycles. The predicted octanol–water partition coefficient (Wildman–Crippen LogP) is 3.36. The summed E-state index contributed by atoms with van der Waals surface area (Å²) in [5.41, 5.74) is -2.58. The van der Waals surface area contributed by atoms with Gasteiger partial charge >= 0.3 is 12.4 Å². The number of nitrogens with one attached hydrogen (secondary N) is 1. The number of alkyl halides is 6. The predicted molar refractivity (Wildman–Crippen MR) is 86.6 cm³/mol. The second-order valence-corrected chi connectivity index (χ2v) is 7.89. The van der Waals surface area contributed by atoms with Crippen molar-refractivity contribution in [3.8, 4) is 0 Å². The molecule has 2 rings (SSSR count). The number of aromatic nitrogens is 2. The molecule has 28 heavy (non-hydrogen) atoms. The SMILES string of the molecule is CN(C(c1ccc(C(F)(F)F)cc1)C(F)(F)F)S(=N)(=O)c1cnn(C)c(=O)c1. The topological polar surface area (TPSA) is 79.1 Å². The van der Waals surface area contributed by atoms with E-state index in [1.165, 1.54) is 7.05 Å².